The van der Waals surface area contributed by atoms with Gasteiger partial charge in [0.25, 0.3) is 0 Å². The van der Waals surface area contributed by atoms with Crippen LogP contribution in [0.4, 0.5) is 0 Å². The molecule has 25 heavy (non-hydrogen) atoms. The van der Waals surface area contributed by atoms with E-state index in [9.17, 15) is 0 Å². The van der Waals surface area contributed by atoms with Crippen molar-refractivity contribution < 1.29 is 0 Å². The van der Waals surface area contributed by atoms with Crippen LogP contribution in [0.5, 0.6) is 0 Å². The van der Waals surface area contributed by atoms with Crippen molar-refractivity contribution >= 4 is 11.4 Å². The molecule has 0 fully saturated rings. The van der Waals surface area contributed by atoms with Crippen molar-refractivity contribution in [3.63, 3.8) is 0 Å². The van der Waals surface area contributed by atoms with Crippen LogP contribution in [0.3, 0.4) is 0 Å². The summed E-state index contributed by atoms with van der Waals surface area (Å²) >= 11 is 0. The van der Waals surface area contributed by atoms with Crippen LogP contribution < -0.4 is 0 Å². The van der Waals surface area contributed by atoms with Crippen molar-refractivity contribution in [2.75, 3.05) is 0 Å². The Balaban J connectivity index is 2.57. The molecule has 0 unspecified atom stereocenters. The fraction of sp³-hybridized carbons (Fsp3) is 0.348. The van der Waals surface area contributed by atoms with E-state index >= 15 is 0 Å². The minimum Gasteiger partial charge on any atom is -0.679 e. The first kappa shape index (κ1) is 19.0. The van der Waals surface area contributed by atoms with E-state index in [0.717, 1.165) is 22.5 Å². The van der Waals surface area contributed by atoms with Gasteiger partial charge in [0.1, 0.15) is 0 Å². The smallest absolute Gasteiger partial charge is 0.0641 e. The summed E-state index contributed by atoms with van der Waals surface area (Å²) in [5, 5.41) is 4.95. The van der Waals surface area contributed by atoms with E-state index in [1.807, 2.05) is 36.4 Å². The van der Waals surface area contributed by atoms with Gasteiger partial charge in [-0.15, -0.1) is 11.2 Å². The second-order valence-corrected chi connectivity index (χ2v) is 8.21. The molecule has 2 heteroatoms. The number of hydrogen-bond donors (Lipinski definition) is 0. The van der Waals surface area contributed by atoms with Crippen LogP contribution in [0.25, 0.3) is 11.0 Å². The highest BCUT2D eigenvalue weighted by Crippen LogP contribution is 2.30. The molecule has 0 N–H and O–H groups in total. The first-order chi connectivity index (χ1) is 11.6. The Morgan fingerprint density at radius 1 is 0.760 bits per heavy atom. The maximum atomic E-state index is 4.95. The van der Waals surface area contributed by atoms with Gasteiger partial charge in [-0.1, -0.05) is 87.5 Å². The maximum absolute atomic E-state index is 4.95. The van der Waals surface area contributed by atoms with E-state index in [1.54, 1.807) is 0 Å². The fourth-order valence-electron chi connectivity index (χ4n) is 2.43. The number of aliphatic imine (C=N–C) groups is 1. The average molecular weight is 333 g/mol. The molecule has 0 aliphatic rings. The maximum Gasteiger partial charge on any atom is 0.0641 e. The molecule has 0 aromatic heterocycles. The Morgan fingerprint density at radius 3 is 1.68 bits per heavy atom. The summed E-state index contributed by atoms with van der Waals surface area (Å²) in [4.78, 5) is 4.95. The highest BCUT2D eigenvalue weighted by atomic mass is 15.0. The minimum atomic E-state index is -0.162. The zero-order chi connectivity index (χ0) is 18.5. The zero-order valence-corrected chi connectivity index (χ0v) is 16.2. The molecule has 0 saturated heterocycles. The number of benzene rings is 2. The normalized spacial score (nSPS) is 13.7. The van der Waals surface area contributed by atoms with Gasteiger partial charge in [-0.25, -0.2) is 0 Å². The minimum absolute atomic E-state index is 0.162. The summed E-state index contributed by atoms with van der Waals surface area (Å²) < 4.78 is 0. The SMILES string of the molecule is CC(C)(C)N=C(/C=C(\[N-]C(C)(C)C)c1ccccc1)c1ccccc1. The molecule has 0 spiro atoms. The summed E-state index contributed by atoms with van der Waals surface area (Å²) in [5.41, 5.74) is 3.81. The zero-order valence-electron chi connectivity index (χ0n) is 16.2. The third kappa shape index (κ3) is 6.58. The molecule has 132 valence electrons. The lowest BCUT2D eigenvalue weighted by atomic mass is 10.0. The predicted molar refractivity (Wildman–Crippen MR) is 110 cm³/mol. The van der Waals surface area contributed by atoms with Gasteiger partial charge in [-0.3, -0.25) is 4.99 Å². The first-order valence-corrected chi connectivity index (χ1v) is 8.79. The van der Waals surface area contributed by atoms with Gasteiger partial charge < -0.3 is 5.32 Å². The molecule has 2 rings (SSSR count). The van der Waals surface area contributed by atoms with E-state index in [2.05, 4.69) is 71.9 Å². The quantitative estimate of drug-likeness (QED) is 0.572. The molecule has 0 radical (unpaired) electrons. The van der Waals surface area contributed by atoms with Crippen LogP contribution in [-0.4, -0.2) is 16.8 Å². The third-order valence-corrected chi connectivity index (χ3v) is 3.32. The largest absolute Gasteiger partial charge is 0.679 e. The monoisotopic (exact) mass is 333 g/mol. The molecular formula is C23H29N2-. The standard InChI is InChI=1S/C23H29N2/c1-22(2,3)24-20(18-13-9-7-10-14-18)17-21(25-23(4,5)6)19-15-11-8-12-16-19/h7-17H,1-6H3/q-1/b20-17-,25-21?. The third-order valence-electron chi connectivity index (χ3n) is 3.32. The van der Waals surface area contributed by atoms with Crippen LogP contribution in [0, 0.1) is 0 Å². The Kier molecular flexibility index (Phi) is 5.84. The highest BCUT2D eigenvalue weighted by Gasteiger charge is 2.11. The summed E-state index contributed by atoms with van der Waals surface area (Å²) in [6, 6.07) is 20.6. The molecule has 0 amide bonds. The summed E-state index contributed by atoms with van der Waals surface area (Å²) in [5.74, 6) is 0. The highest BCUT2D eigenvalue weighted by molar-refractivity contribution is 6.13. The van der Waals surface area contributed by atoms with Crippen LogP contribution in [0.1, 0.15) is 52.7 Å². The molecule has 0 atom stereocenters. The van der Waals surface area contributed by atoms with E-state index in [-0.39, 0.29) is 11.1 Å². The van der Waals surface area contributed by atoms with Gasteiger partial charge in [0.05, 0.1) is 11.3 Å². The molecule has 0 bridgehead atoms. The van der Waals surface area contributed by atoms with Gasteiger partial charge in [0.15, 0.2) is 0 Å². The topological polar surface area (TPSA) is 26.5 Å². The van der Waals surface area contributed by atoms with Crippen molar-refractivity contribution in [3.8, 4) is 0 Å². The number of allylic oxidation sites excluding steroid dienone is 1. The van der Waals surface area contributed by atoms with E-state index in [1.165, 1.54) is 0 Å². The molecule has 2 aromatic rings. The van der Waals surface area contributed by atoms with Gasteiger partial charge in [0, 0.05) is 0 Å². The van der Waals surface area contributed by atoms with E-state index in [4.69, 9.17) is 10.3 Å². The first-order valence-electron chi connectivity index (χ1n) is 8.79. The molecule has 0 heterocycles. The molecular weight excluding hydrogens is 304 g/mol. The van der Waals surface area contributed by atoms with Crippen molar-refractivity contribution in [1.82, 2.24) is 0 Å². The van der Waals surface area contributed by atoms with Gasteiger partial charge in [-0.2, -0.15) is 0 Å². The average Bonchev–Trinajstić information content (AvgIpc) is 2.53. The van der Waals surface area contributed by atoms with Crippen molar-refractivity contribution in [2.45, 2.75) is 52.6 Å². The second-order valence-electron chi connectivity index (χ2n) is 8.21. The van der Waals surface area contributed by atoms with Gasteiger partial charge in [0.2, 0.25) is 0 Å². The lowest BCUT2D eigenvalue weighted by molar-refractivity contribution is 0.585. The molecule has 0 aliphatic heterocycles. The lowest BCUT2D eigenvalue weighted by Gasteiger charge is -2.40. The van der Waals surface area contributed by atoms with Crippen LogP contribution in [-0.2, 0) is 0 Å². The fourth-order valence-corrected chi connectivity index (χ4v) is 2.43. The molecule has 2 aromatic carbocycles. The number of nitrogens with zero attached hydrogens (tertiary/aromatic N) is 2. The van der Waals surface area contributed by atoms with E-state index in [0.29, 0.717) is 0 Å². The van der Waals surface area contributed by atoms with Gasteiger partial charge >= 0.3 is 0 Å². The predicted octanol–water partition coefficient (Wildman–Crippen LogP) is 6.49. The van der Waals surface area contributed by atoms with Crippen LogP contribution in [0.15, 0.2) is 71.7 Å². The molecule has 2 nitrogen and oxygen atoms in total. The second kappa shape index (κ2) is 7.69. The number of rotatable bonds is 4. The Morgan fingerprint density at radius 2 is 1.24 bits per heavy atom. The summed E-state index contributed by atoms with van der Waals surface area (Å²) in [6.07, 6.45) is 2.11. The Hall–Kier alpha value is -2.35. The Labute approximate surface area is 152 Å². The lowest BCUT2D eigenvalue weighted by Crippen LogP contribution is -2.16. The summed E-state index contributed by atoms with van der Waals surface area (Å²) in [7, 11) is 0. The molecule has 0 aliphatic carbocycles. The Bertz CT molecular complexity index is 727. The van der Waals surface area contributed by atoms with E-state index < -0.39 is 0 Å². The van der Waals surface area contributed by atoms with Crippen LogP contribution in [0.2, 0.25) is 0 Å². The number of hydrogen-bond acceptors (Lipinski definition) is 1. The van der Waals surface area contributed by atoms with Crippen LogP contribution >= 0.6 is 0 Å². The van der Waals surface area contributed by atoms with Crippen molar-refractivity contribution in [1.29, 1.82) is 0 Å². The van der Waals surface area contributed by atoms with Crippen molar-refractivity contribution in [3.05, 3.63) is 83.2 Å². The van der Waals surface area contributed by atoms with Gasteiger partial charge in [-0.05, 0) is 31.9 Å². The van der Waals surface area contributed by atoms with Crippen molar-refractivity contribution in [2.24, 2.45) is 4.99 Å². The summed E-state index contributed by atoms with van der Waals surface area (Å²) in [6.45, 7) is 12.7. The molecule has 0 saturated carbocycles.